The summed E-state index contributed by atoms with van der Waals surface area (Å²) in [5, 5.41) is 0. The summed E-state index contributed by atoms with van der Waals surface area (Å²) in [7, 11) is -3.39. The second kappa shape index (κ2) is 7.65. The Balaban J connectivity index is 3.71. The van der Waals surface area contributed by atoms with E-state index in [-0.39, 0.29) is 12.2 Å². The lowest BCUT2D eigenvalue weighted by Crippen LogP contribution is -2.31. The average molecular weight is 249 g/mol. The number of sulfonamides is 1. The fraction of sp³-hybridized carbons (Fsp3) is 0.909. The summed E-state index contributed by atoms with van der Waals surface area (Å²) in [6, 6.07) is 0. The molecule has 0 spiro atoms. The van der Waals surface area contributed by atoms with E-state index in [1.807, 2.05) is 4.72 Å². The molecule has 0 saturated carbocycles. The monoisotopic (exact) mass is 249 g/mol. The summed E-state index contributed by atoms with van der Waals surface area (Å²) in [6.45, 7) is 5.93. The van der Waals surface area contributed by atoms with E-state index in [2.05, 4.69) is 13.8 Å². The first-order valence-corrected chi connectivity index (χ1v) is 7.56. The molecule has 1 amide bonds. The molecule has 0 bridgehead atoms. The second-order valence-corrected chi connectivity index (χ2v) is 6.28. The van der Waals surface area contributed by atoms with Crippen molar-refractivity contribution >= 4 is 15.9 Å². The number of rotatable bonds is 8. The van der Waals surface area contributed by atoms with Gasteiger partial charge in [0, 0.05) is 6.42 Å². The molecular formula is C11H23NO3S. The van der Waals surface area contributed by atoms with Gasteiger partial charge in [0.25, 0.3) is 0 Å². The van der Waals surface area contributed by atoms with E-state index in [0.29, 0.717) is 12.3 Å². The van der Waals surface area contributed by atoms with Gasteiger partial charge in [-0.25, -0.2) is 8.42 Å². The Labute approximate surface area is 98.9 Å². The van der Waals surface area contributed by atoms with E-state index in [4.69, 9.17) is 0 Å². The molecule has 16 heavy (non-hydrogen) atoms. The van der Waals surface area contributed by atoms with Gasteiger partial charge in [-0.05, 0) is 12.3 Å². The fourth-order valence-electron chi connectivity index (χ4n) is 1.32. The molecule has 0 aliphatic carbocycles. The number of carbonyl (C=O) groups excluding carboxylic acids is 1. The highest BCUT2D eigenvalue weighted by Gasteiger charge is 2.12. The number of hydrogen-bond donors (Lipinski definition) is 1. The Hall–Kier alpha value is -0.580. The molecule has 0 saturated heterocycles. The van der Waals surface area contributed by atoms with Crippen LogP contribution in [0.4, 0.5) is 0 Å². The predicted molar refractivity (Wildman–Crippen MR) is 65.5 cm³/mol. The number of hydrogen-bond acceptors (Lipinski definition) is 3. The van der Waals surface area contributed by atoms with Crippen molar-refractivity contribution in [2.75, 3.05) is 5.75 Å². The lowest BCUT2D eigenvalue weighted by molar-refractivity contribution is -0.119. The topological polar surface area (TPSA) is 63.2 Å². The van der Waals surface area contributed by atoms with Crippen LogP contribution in [-0.4, -0.2) is 20.1 Å². The molecule has 1 N–H and O–H groups in total. The van der Waals surface area contributed by atoms with Crippen LogP contribution in [0.15, 0.2) is 0 Å². The van der Waals surface area contributed by atoms with Crippen LogP contribution in [0.2, 0.25) is 0 Å². The highest BCUT2D eigenvalue weighted by atomic mass is 32.2. The van der Waals surface area contributed by atoms with Crippen molar-refractivity contribution < 1.29 is 13.2 Å². The van der Waals surface area contributed by atoms with E-state index in [1.54, 1.807) is 6.92 Å². The molecule has 0 unspecified atom stereocenters. The quantitative estimate of drug-likeness (QED) is 0.670. The molecule has 0 aromatic rings. The first kappa shape index (κ1) is 15.4. The molecule has 0 atom stereocenters. The first-order chi connectivity index (χ1) is 7.37. The molecule has 0 aliphatic heterocycles. The van der Waals surface area contributed by atoms with Crippen molar-refractivity contribution in [2.45, 2.75) is 52.9 Å². The molecule has 5 heteroatoms. The van der Waals surface area contributed by atoms with Gasteiger partial charge in [0.05, 0.1) is 5.75 Å². The standard InChI is InChI=1S/C11H23NO3S/c1-4-11(13)12-16(14,15)9-7-5-6-8-10(2)3/h10H,4-9H2,1-3H3,(H,12,13). The van der Waals surface area contributed by atoms with Crippen molar-refractivity contribution in [3.05, 3.63) is 0 Å². The smallest absolute Gasteiger partial charge is 0.234 e. The average Bonchev–Trinajstić information content (AvgIpc) is 2.15. The molecule has 0 aromatic carbocycles. The van der Waals surface area contributed by atoms with Crippen molar-refractivity contribution in [1.29, 1.82) is 0 Å². The van der Waals surface area contributed by atoms with Crippen LogP contribution in [0.25, 0.3) is 0 Å². The molecule has 0 aromatic heterocycles. The van der Waals surface area contributed by atoms with Gasteiger partial charge in [-0.1, -0.05) is 40.0 Å². The van der Waals surface area contributed by atoms with Crippen molar-refractivity contribution in [3.8, 4) is 0 Å². The fourth-order valence-corrected chi connectivity index (χ4v) is 2.50. The molecule has 0 rings (SSSR count). The molecule has 0 heterocycles. The summed E-state index contributed by atoms with van der Waals surface area (Å²) in [4.78, 5) is 10.9. The minimum atomic E-state index is -3.39. The van der Waals surface area contributed by atoms with Gasteiger partial charge in [-0.3, -0.25) is 9.52 Å². The van der Waals surface area contributed by atoms with Gasteiger partial charge in [0.15, 0.2) is 0 Å². The molecule has 0 radical (unpaired) electrons. The Morgan fingerprint density at radius 3 is 2.31 bits per heavy atom. The van der Waals surface area contributed by atoms with Crippen molar-refractivity contribution in [2.24, 2.45) is 5.92 Å². The number of nitrogens with one attached hydrogen (secondary N) is 1. The van der Waals surface area contributed by atoms with Crippen LogP contribution in [0.3, 0.4) is 0 Å². The molecular weight excluding hydrogens is 226 g/mol. The molecule has 0 fully saturated rings. The summed E-state index contributed by atoms with van der Waals surface area (Å²) in [6.07, 6.45) is 3.90. The second-order valence-electron chi connectivity index (χ2n) is 4.44. The lowest BCUT2D eigenvalue weighted by Gasteiger charge is -2.06. The zero-order valence-electron chi connectivity index (χ0n) is 10.5. The third kappa shape index (κ3) is 8.71. The third-order valence-electron chi connectivity index (χ3n) is 2.28. The lowest BCUT2D eigenvalue weighted by atomic mass is 10.1. The van der Waals surface area contributed by atoms with Gasteiger partial charge < -0.3 is 0 Å². The number of unbranched alkanes of at least 4 members (excludes halogenated alkanes) is 2. The van der Waals surface area contributed by atoms with E-state index in [0.717, 1.165) is 19.3 Å². The SMILES string of the molecule is CCC(=O)NS(=O)(=O)CCCCCC(C)C. The number of amides is 1. The predicted octanol–water partition coefficient (Wildman–Crippen LogP) is 2.06. The zero-order valence-corrected chi connectivity index (χ0v) is 11.3. The maximum absolute atomic E-state index is 11.4. The Morgan fingerprint density at radius 1 is 1.19 bits per heavy atom. The molecule has 96 valence electrons. The largest absolute Gasteiger partial charge is 0.274 e. The normalized spacial score (nSPS) is 11.8. The van der Waals surface area contributed by atoms with Gasteiger partial charge >= 0.3 is 0 Å². The first-order valence-electron chi connectivity index (χ1n) is 5.90. The van der Waals surface area contributed by atoms with Gasteiger partial charge in [-0.15, -0.1) is 0 Å². The summed E-state index contributed by atoms with van der Waals surface area (Å²) < 4.78 is 24.8. The Morgan fingerprint density at radius 2 is 1.81 bits per heavy atom. The summed E-state index contributed by atoms with van der Waals surface area (Å²) >= 11 is 0. The van der Waals surface area contributed by atoms with Gasteiger partial charge in [0.2, 0.25) is 15.9 Å². The minimum Gasteiger partial charge on any atom is -0.274 e. The molecule has 0 aliphatic rings. The maximum atomic E-state index is 11.4. The summed E-state index contributed by atoms with van der Waals surface area (Å²) in [5.74, 6) is 0.287. The van der Waals surface area contributed by atoms with E-state index in [9.17, 15) is 13.2 Å². The minimum absolute atomic E-state index is 0.0524. The van der Waals surface area contributed by atoms with Crippen LogP contribution in [0, 0.1) is 5.92 Å². The van der Waals surface area contributed by atoms with Crippen LogP contribution in [-0.2, 0) is 14.8 Å². The van der Waals surface area contributed by atoms with Crippen LogP contribution < -0.4 is 4.72 Å². The highest BCUT2D eigenvalue weighted by molar-refractivity contribution is 7.90. The maximum Gasteiger partial charge on any atom is 0.234 e. The Kier molecular flexibility index (Phi) is 7.38. The third-order valence-corrected chi connectivity index (χ3v) is 3.65. The van der Waals surface area contributed by atoms with Gasteiger partial charge in [-0.2, -0.15) is 0 Å². The number of carbonyl (C=O) groups is 1. The zero-order chi connectivity index (χ0) is 12.6. The molecule has 4 nitrogen and oxygen atoms in total. The van der Waals surface area contributed by atoms with Crippen molar-refractivity contribution in [3.63, 3.8) is 0 Å². The highest BCUT2D eigenvalue weighted by Crippen LogP contribution is 2.08. The van der Waals surface area contributed by atoms with E-state index in [1.165, 1.54) is 0 Å². The van der Waals surface area contributed by atoms with Crippen molar-refractivity contribution in [1.82, 2.24) is 4.72 Å². The van der Waals surface area contributed by atoms with E-state index >= 15 is 0 Å². The van der Waals surface area contributed by atoms with E-state index < -0.39 is 15.9 Å². The van der Waals surface area contributed by atoms with Crippen LogP contribution in [0.1, 0.15) is 52.9 Å². The summed E-state index contributed by atoms with van der Waals surface area (Å²) in [5.41, 5.74) is 0. The Bertz CT molecular complexity index is 296. The van der Waals surface area contributed by atoms with Crippen LogP contribution >= 0.6 is 0 Å². The van der Waals surface area contributed by atoms with Gasteiger partial charge in [0.1, 0.15) is 0 Å². The van der Waals surface area contributed by atoms with Crippen LogP contribution in [0.5, 0.6) is 0 Å².